The van der Waals surface area contributed by atoms with Gasteiger partial charge in [-0.2, -0.15) is 5.10 Å². The van der Waals surface area contributed by atoms with Crippen LogP contribution >= 0.6 is 0 Å². The van der Waals surface area contributed by atoms with E-state index >= 15 is 0 Å². The Morgan fingerprint density at radius 3 is 2.62 bits per heavy atom. The van der Waals surface area contributed by atoms with E-state index in [0.717, 1.165) is 48.5 Å². The summed E-state index contributed by atoms with van der Waals surface area (Å²) in [5.74, 6) is 0.591. The fraction of sp³-hybridized carbons (Fsp3) is 0.560. The van der Waals surface area contributed by atoms with Crippen molar-refractivity contribution in [2.45, 2.75) is 51.3 Å². The first-order valence-corrected chi connectivity index (χ1v) is 12.3. The van der Waals surface area contributed by atoms with E-state index in [9.17, 15) is 5.11 Å². The molecule has 0 spiro atoms. The Kier molecular flexibility index (Phi) is 5.24. The largest absolute Gasteiger partial charge is 0.389 e. The number of ether oxygens (including phenoxy) is 1. The minimum atomic E-state index is -0.427. The van der Waals surface area contributed by atoms with Crippen molar-refractivity contribution < 1.29 is 9.84 Å². The smallest absolute Gasteiger partial charge is 0.227 e. The van der Waals surface area contributed by atoms with E-state index in [1.54, 1.807) is 0 Å². The molecule has 4 heterocycles. The van der Waals surface area contributed by atoms with E-state index in [1.807, 2.05) is 12.4 Å². The van der Waals surface area contributed by atoms with Crippen molar-refractivity contribution in [3.05, 3.63) is 35.8 Å². The molecule has 3 aromatic rings. The van der Waals surface area contributed by atoms with Gasteiger partial charge < -0.3 is 20.1 Å². The maximum atomic E-state index is 10.4. The van der Waals surface area contributed by atoms with E-state index in [1.165, 1.54) is 24.1 Å². The molecular weight excluding hydrogens is 430 g/mol. The number of aromatic nitrogens is 4. The number of nitrogens with zero attached hydrogens (tertiary/aromatic N) is 6. The van der Waals surface area contributed by atoms with Crippen molar-refractivity contribution in [2.75, 3.05) is 49.6 Å². The van der Waals surface area contributed by atoms with Crippen LogP contribution in [0.4, 0.5) is 17.3 Å². The van der Waals surface area contributed by atoms with Gasteiger partial charge in [0.1, 0.15) is 0 Å². The number of rotatable bonds is 5. The van der Waals surface area contributed by atoms with E-state index < -0.39 is 6.10 Å². The van der Waals surface area contributed by atoms with Crippen molar-refractivity contribution >= 4 is 28.2 Å². The molecule has 2 unspecified atom stereocenters. The van der Waals surface area contributed by atoms with Gasteiger partial charge in [-0.25, -0.2) is 9.97 Å². The van der Waals surface area contributed by atoms with Gasteiger partial charge in [0.2, 0.25) is 5.95 Å². The van der Waals surface area contributed by atoms with Crippen molar-refractivity contribution in [3.8, 4) is 0 Å². The molecule has 3 fully saturated rings. The van der Waals surface area contributed by atoms with Crippen LogP contribution in [0.2, 0.25) is 0 Å². The van der Waals surface area contributed by atoms with Crippen LogP contribution in [0.3, 0.4) is 0 Å². The highest BCUT2D eigenvalue weighted by molar-refractivity contribution is 5.84. The van der Waals surface area contributed by atoms with Crippen LogP contribution in [0, 0.1) is 13.8 Å². The van der Waals surface area contributed by atoms with E-state index in [2.05, 4.69) is 62.8 Å². The quantitative estimate of drug-likeness (QED) is 0.597. The van der Waals surface area contributed by atoms with E-state index in [4.69, 9.17) is 9.72 Å². The van der Waals surface area contributed by atoms with Crippen LogP contribution < -0.4 is 10.2 Å². The molecule has 2 N–H and O–H groups in total. The zero-order chi connectivity index (χ0) is 23.4. The van der Waals surface area contributed by atoms with Gasteiger partial charge >= 0.3 is 0 Å². The van der Waals surface area contributed by atoms with Crippen molar-refractivity contribution in [3.63, 3.8) is 0 Å². The van der Waals surface area contributed by atoms with Gasteiger partial charge in [-0.3, -0.25) is 9.58 Å². The number of benzene rings is 1. The molecule has 2 saturated heterocycles. The molecule has 6 rings (SSSR count). The second kappa shape index (κ2) is 8.18. The molecule has 2 aliphatic heterocycles. The number of fused-ring (bicyclic) bond motifs is 1. The first kappa shape index (κ1) is 21.8. The topological polar surface area (TPSA) is 91.6 Å². The van der Waals surface area contributed by atoms with Gasteiger partial charge in [-0.1, -0.05) is 0 Å². The molecule has 1 saturated carbocycles. The highest BCUT2D eigenvalue weighted by atomic mass is 16.5. The lowest BCUT2D eigenvalue weighted by molar-refractivity contribution is 0.00882. The summed E-state index contributed by atoms with van der Waals surface area (Å²) in [6, 6.07) is 4.90. The monoisotopic (exact) mass is 463 g/mol. The lowest BCUT2D eigenvalue weighted by atomic mass is 9.95. The third-order valence-electron chi connectivity index (χ3n) is 7.81. The number of aryl methyl sites for hydroxylation is 1. The van der Waals surface area contributed by atoms with Crippen LogP contribution in [0.5, 0.6) is 0 Å². The van der Waals surface area contributed by atoms with E-state index in [-0.39, 0.29) is 5.54 Å². The molecule has 0 radical (unpaired) electrons. The average molecular weight is 464 g/mol. The summed E-state index contributed by atoms with van der Waals surface area (Å²) in [6.07, 6.45) is 5.75. The number of piperazine rings is 1. The summed E-state index contributed by atoms with van der Waals surface area (Å²) in [6.45, 7) is 11.0. The summed E-state index contributed by atoms with van der Waals surface area (Å²) < 4.78 is 7.65. The SMILES string of the molecule is Cc1cc2cnc(Nc3cnn(C4CC4)c3C)nc2cc1N1CCN(C2(C)COCC2O)CC1. The second-order valence-corrected chi connectivity index (χ2v) is 10.2. The summed E-state index contributed by atoms with van der Waals surface area (Å²) in [7, 11) is 0. The number of hydrogen-bond donors (Lipinski definition) is 2. The standard InChI is InChI=1S/C25H33N7O2/c1-16-10-18-12-26-24(29-21-13-27-32(17(21)2)19-4-5-19)28-20(18)11-22(16)30-6-8-31(9-7-30)25(3)15-34-14-23(25)33/h10-13,19,23,33H,4-9,14-15H2,1-3H3,(H,26,28,29). The minimum Gasteiger partial charge on any atom is -0.389 e. The minimum absolute atomic E-state index is 0.288. The first-order chi connectivity index (χ1) is 16.4. The maximum absolute atomic E-state index is 10.4. The molecule has 2 atom stereocenters. The molecule has 0 amide bonds. The summed E-state index contributed by atoms with van der Waals surface area (Å²) in [5.41, 5.74) is 5.16. The normalized spacial score (nSPS) is 25.9. The first-order valence-electron chi connectivity index (χ1n) is 12.3. The lowest BCUT2D eigenvalue weighted by Gasteiger charge is -2.45. The molecule has 180 valence electrons. The van der Waals surface area contributed by atoms with Crippen LogP contribution in [0.25, 0.3) is 10.9 Å². The molecule has 9 heteroatoms. The zero-order valence-electron chi connectivity index (χ0n) is 20.2. The Labute approximate surface area is 199 Å². The summed E-state index contributed by atoms with van der Waals surface area (Å²) in [4.78, 5) is 14.2. The number of anilines is 3. The average Bonchev–Trinajstić information content (AvgIpc) is 3.54. The molecular formula is C25H33N7O2. The third kappa shape index (κ3) is 3.72. The molecule has 2 aromatic heterocycles. The van der Waals surface area contributed by atoms with Crippen LogP contribution in [0.1, 0.15) is 37.1 Å². The third-order valence-corrected chi connectivity index (χ3v) is 7.81. The van der Waals surface area contributed by atoms with Gasteiger partial charge in [0.15, 0.2) is 0 Å². The molecule has 1 aromatic carbocycles. The Morgan fingerprint density at radius 2 is 1.91 bits per heavy atom. The Bertz CT molecular complexity index is 1220. The van der Waals surface area contributed by atoms with Gasteiger partial charge in [0, 0.05) is 43.4 Å². The Balaban J connectivity index is 1.21. The highest BCUT2D eigenvalue weighted by Crippen LogP contribution is 2.37. The molecule has 34 heavy (non-hydrogen) atoms. The fourth-order valence-corrected chi connectivity index (χ4v) is 5.35. The predicted octanol–water partition coefficient (Wildman–Crippen LogP) is 2.79. The number of aliphatic hydroxyl groups is 1. The number of aliphatic hydroxyl groups excluding tert-OH is 1. The van der Waals surface area contributed by atoms with Crippen molar-refractivity contribution in [1.29, 1.82) is 0 Å². The molecule has 0 bridgehead atoms. The van der Waals surface area contributed by atoms with Gasteiger partial charge in [0.05, 0.1) is 54.0 Å². The van der Waals surface area contributed by atoms with Gasteiger partial charge in [-0.15, -0.1) is 0 Å². The van der Waals surface area contributed by atoms with Crippen LogP contribution in [-0.2, 0) is 4.74 Å². The van der Waals surface area contributed by atoms with E-state index in [0.29, 0.717) is 25.2 Å². The molecule has 9 nitrogen and oxygen atoms in total. The van der Waals surface area contributed by atoms with Crippen molar-refractivity contribution in [1.82, 2.24) is 24.6 Å². The van der Waals surface area contributed by atoms with Crippen molar-refractivity contribution in [2.24, 2.45) is 0 Å². The second-order valence-electron chi connectivity index (χ2n) is 10.2. The summed E-state index contributed by atoms with van der Waals surface area (Å²) in [5, 5.41) is 19.4. The Hall–Kier alpha value is -2.75. The Morgan fingerprint density at radius 1 is 1.12 bits per heavy atom. The van der Waals surface area contributed by atoms with Gasteiger partial charge in [0.25, 0.3) is 0 Å². The zero-order valence-corrected chi connectivity index (χ0v) is 20.2. The van der Waals surface area contributed by atoms with Crippen LogP contribution in [0.15, 0.2) is 24.5 Å². The fourth-order valence-electron chi connectivity index (χ4n) is 5.35. The maximum Gasteiger partial charge on any atom is 0.227 e. The lowest BCUT2D eigenvalue weighted by Crippen LogP contribution is -2.60. The van der Waals surface area contributed by atoms with Crippen LogP contribution in [-0.4, -0.2) is 80.8 Å². The highest BCUT2D eigenvalue weighted by Gasteiger charge is 2.44. The number of hydrogen-bond acceptors (Lipinski definition) is 8. The number of nitrogens with one attached hydrogen (secondary N) is 1. The predicted molar refractivity (Wildman–Crippen MR) is 132 cm³/mol. The van der Waals surface area contributed by atoms with Gasteiger partial charge in [-0.05, 0) is 51.3 Å². The molecule has 1 aliphatic carbocycles. The molecule has 3 aliphatic rings. The summed E-state index contributed by atoms with van der Waals surface area (Å²) >= 11 is 0.